The van der Waals surface area contributed by atoms with Crippen molar-refractivity contribution >= 4 is 0 Å². The Morgan fingerprint density at radius 3 is 2.50 bits per heavy atom. The topological polar surface area (TPSA) is 21.3 Å². The van der Waals surface area contributed by atoms with E-state index in [-0.39, 0.29) is 6.04 Å². The standard InChI is InChI=1S/C18H23NO/c1-14-8-4-5-9-16(14)12-13-19-15(2)17-10-6-7-11-18(17)20-3/h4-11,15,19H,12-13H2,1-3H3. The van der Waals surface area contributed by atoms with Crippen molar-refractivity contribution in [1.82, 2.24) is 5.32 Å². The Bertz CT molecular complexity index is 551. The molecule has 2 rings (SSSR count). The van der Waals surface area contributed by atoms with E-state index in [0.29, 0.717) is 0 Å². The number of nitrogens with one attached hydrogen (secondary N) is 1. The molecule has 0 saturated carbocycles. The number of para-hydroxylation sites is 1. The van der Waals surface area contributed by atoms with Crippen LogP contribution in [0.15, 0.2) is 48.5 Å². The van der Waals surface area contributed by atoms with E-state index in [1.54, 1.807) is 7.11 Å². The van der Waals surface area contributed by atoms with Crippen LogP contribution in [0.25, 0.3) is 0 Å². The van der Waals surface area contributed by atoms with E-state index in [2.05, 4.69) is 55.6 Å². The van der Waals surface area contributed by atoms with Crippen LogP contribution >= 0.6 is 0 Å². The Morgan fingerprint density at radius 2 is 1.75 bits per heavy atom. The number of benzene rings is 2. The minimum absolute atomic E-state index is 0.287. The van der Waals surface area contributed by atoms with Crippen LogP contribution < -0.4 is 10.1 Å². The number of hydrogen-bond acceptors (Lipinski definition) is 2. The zero-order valence-corrected chi connectivity index (χ0v) is 12.5. The molecule has 0 aromatic heterocycles. The number of rotatable bonds is 6. The molecule has 0 saturated heterocycles. The van der Waals surface area contributed by atoms with Gasteiger partial charge in [0, 0.05) is 11.6 Å². The Labute approximate surface area is 121 Å². The maximum Gasteiger partial charge on any atom is 0.123 e. The summed E-state index contributed by atoms with van der Waals surface area (Å²) < 4.78 is 5.41. The van der Waals surface area contributed by atoms with Gasteiger partial charge in [-0.2, -0.15) is 0 Å². The second-order valence-corrected chi connectivity index (χ2v) is 5.09. The van der Waals surface area contributed by atoms with Crippen molar-refractivity contribution in [1.29, 1.82) is 0 Å². The smallest absolute Gasteiger partial charge is 0.123 e. The summed E-state index contributed by atoms with van der Waals surface area (Å²) in [6, 6.07) is 17.0. The highest BCUT2D eigenvalue weighted by molar-refractivity contribution is 5.35. The van der Waals surface area contributed by atoms with E-state index in [4.69, 9.17) is 4.74 Å². The van der Waals surface area contributed by atoms with Crippen LogP contribution in [-0.2, 0) is 6.42 Å². The van der Waals surface area contributed by atoms with Crippen LogP contribution in [-0.4, -0.2) is 13.7 Å². The Morgan fingerprint density at radius 1 is 1.05 bits per heavy atom. The van der Waals surface area contributed by atoms with Gasteiger partial charge in [0.15, 0.2) is 0 Å². The van der Waals surface area contributed by atoms with E-state index in [0.717, 1.165) is 18.7 Å². The fourth-order valence-electron chi connectivity index (χ4n) is 2.45. The lowest BCUT2D eigenvalue weighted by Gasteiger charge is -2.17. The van der Waals surface area contributed by atoms with Gasteiger partial charge in [-0.05, 0) is 44.0 Å². The number of hydrogen-bond donors (Lipinski definition) is 1. The van der Waals surface area contributed by atoms with Crippen LogP contribution in [0.3, 0.4) is 0 Å². The summed E-state index contributed by atoms with van der Waals surface area (Å²) in [5, 5.41) is 3.57. The number of aryl methyl sites for hydroxylation is 1. The summed E-state index contributed by atoms with van der Waals surface area (Å²) in [5.74, 6) is 0.948. The van der Waals surface area contributed by atoms with Crippen LogP contribution in [0.4, 0.5) is 0 Å². The van der Waals surface area contributed by atoms with Crippen LogP contribution in [0.1, 0.15) is 29.7 Å². The summed E-state index contributed by atoms with van der Waals surface area (Å²) in [5.41, 5.74) is 3.98. The third-order valence-electron chi connectivity index (χ3n) is 3.71. The monoisotopic (exact) mass is 269 g/mol. The van der Waals surface area contributed by atoms with E-state index < -0.39 is 0 Å². The second kappa shape index (κ2) is 7.11. The van der Waals surface area contributed by atoms with Crippen molar-refractivity contribution in [3.8, 4) is 5.75 Å². The Balaban J connectivity index is 1.92. The van der Waals surface area contributed by atoms with Gasteiger partial charge in [0.1, 0.15) is 5.75 Å². The first-order valence-corrected chi connectivity index (χ1v) is 7.13. The van der Waals surface area contributed by atoms with Gasteiger partial charge in [-0.1, -0.05) is 42.5 Å². The van der Waals surface area contributed by atoms with Crippen molar-refractivity contribution in [2.75, 3.05) is 13.7 Å². The van der Waals surface area contributed by atoms with Crippen molar-refractivity contribution < 1.29 is 4.74 Å². The molecule has 0 heterocycles. The largest absolute Gasteiger partial charge is 0.496 e. The molecule has 0 bridgehead atoms. The molecule has 2 nitrogen and oxygen atoms in total. The van der Waals surface area contributed by atoms with Crippen LogP contribution in [0.2, 0.25) is 0 Å². The van der Waals surface area contributed by atoms with Crippen LogP contribution in [0, 0.1) is 6.92 Å². The molecule has 1 N–H and O–H groups in total. The van der Waals surface area contributed by atoms with Crippen LogP contribution in [0.5, 0.6) is 5.75 Å². The van der Waals surface area contributed by atoms with Crippen molar-refractivity contribution in [3.63, 3.8) is 0 Å². The molecular weight excluding hydrogens is 246 g/mol. The molecule has 1 atom stereocenters. The molecule has 0 aliphatic carbocycles. The highest BCUT2D eigenvalue weighted by Gasteiger charge is 2.09. The summed E-state index contributed by atoms with van der Waals surface area (Å²) in [6.45, 7) is 5.30. The SMILES string of the molecule is COc1ccccc1C(C)NCCc1ccccc1C. The predicted octanol–water partition coefficient (Wildman–Crippen LogP) is 3.90. The zero-order chi connectivity index (χ0) is 14.4. The minimum atomic E-state index is 0.287. The highest BCUT2D eigenvalue weighted by Crippen LogP contribution is 2.24. The van der Waals surface area contributed by atoms with Gasteiger partial charge in [-0.25, -0.2) is 0 Å². The lowest BCUT2D eigenvalue weighted by Crippen LogP contribution is -2.22. The van der Waals surface area contributed by atoms with Gasteiger partial charge in [0.05, 0.1) is 7.11 Å². The lowest BCUT2D eigenvalue weighted by atomic mass is 10.0. The van der Waals surface area contributed by atoms with E-state index in [1.165, 1.54) is 16.7 Å². The van der Waals surface area contributed by atoms with Gasteiger partial charge in [0.2, 0.25) is 0 Å². The molecule has 2 aromatic rings. The average molecular weight is 269 g/mol. The van der Waals surface area contributed by atoms with Crippen molar-refractivity contribution in [2.45, 2.75) is 26.3 Å². The molecule has 0 radical (unpaired) electrons. The molecule has 2 heteroatoms. The lowest BCUT2D eigenvalue weighted by molar-refractivity contribution is 0.402. The summed E-state index contributed by atoms with van der Waals surface area (Å²) in [7, 11) is 1.72. The summed E-state index contributed by atoms with van der Waals surface area (Å²) in [6.07, 6.45) is 1.05. The molecule has 0 aliphatic rings. The Kier molecular flexibility index (Phi) is 5.19. The summed E-state index contributed by atoms with van der Waals surface area (Å²) in [4.78, 5) is 0. The molecule has 2 aromatic carbocycles. The maximum absolute atomic E-state index is 5.41. The highest BCUT2D eigenvalue weighted by atomic mass is 16.5. The molecule has 0 spiro atoms. The molecule has 0 aliphatic heterocycles. The van der Waals surface area contributed by atoms with Gasteiger partial charge >= 0.3 is 0 Å². The van der Waals surface area contributed by atoms with Gasteiger partial charge in [0.25, 0.3) is 0 Å². The average Bonchev–Trinajstić information content (AvgIpc) is 2.49. The zero-order valence-electron chi connectivity index (χ0n) is 12.5. The first-order valence-electron chi connectivity index (χ1n) is 7.13. The van der Waals surface area contributed by atoms with E-state index >= 15 is 0 Å². The molecular formula is C18H23NO. The quantitative estimate of drug-likeness (QED) is 0.859. The molecule has 20 heavy (non-hydrogen) atoms. The first-order chi connectivity index (χ1) is 9.72. The molecule has 0 fully saturated rings. The third-order valence-corrected chi connectivity index (χ3v) is 3.71. The minimum Gasteiger partial charge on any atom is -0.496 e. The molecule has 0 amide bonds. The molecule has 1 unspecified atom stereocenters. The van der Waals surface area contributed by atoms with Gasteiger partial charge < -0.3 is 10.1 Å². The fourth-order valence-corrected chi connectivity index (χ4v) is 2.45. The van der Waals surface area contributed by atoms with Gasteiger partial charge in [-0.15, -0.1) is 0 Å². The van der Waals surface area contributed by atoms with Gasteiger partial charge in [-0.3, -0.25) is 0 Å². The van der Waals surface area contributed by atoms with E-state index in [9.17, 15) is 0 Å². The maximum atomic E-state index is 5.41. The van der Waals surface area contributed by atoms with E-state index in [1.807, 2.05) is 12.1 Å². The second-order valence-electron chi connectivity index (χ2n) is 5.09. The Hall–Kier alpha value is -1.80. The predicted molar refractivity (Wildman–Crippen MR) is 84.3 cm³/mol. The number of ether oxygens (including phenoxy) is 1. The van der Waals surface area contributed by atoms with Crippen molar-refractivity contribution in [2.24, 2.45) is 0 Å². The number of methoxy groups -OCH3 is 1. The first kappa shape index (κ1) is 14.6. The fraction of sp³-hybridized carbons (Fsp3) is 0.333. The summed E-state index contributed by atoms with van der Waals surface area (Å²) >= 11 is 0. The van der Waals surface area contributed by atoms with Crippen molar-refractivity contribution in [3.05, 3.63) is 65.2 Å². The third kappa shape index (κ3) is 3.61. The normalized spacial score (nSPS) is 12.2. The molecule has 106 valence electrons.